The molecule has 0 aliphatic heterocycles. The van der Waals surface area contributed by atoms with Gasteiger partial charge in [0.15, 0.2) is 6.61 Å². The molecule has 0 bridgehead atoms. The number of nitrogens with zero attached hydrogens (tertiary/aromatic N) is 1. The first-order valence-electron chi connectivity index (χ1n) is 7.80. The zero-order chi connectivity index (χ0) is 17.5. The van der Waals surface area contributed by atoms with E-state index < -0.39 is 5.97 Å². The molecule has 5 nitrogen and oxygen atoms in total. The van der Waals surface area contributed by atoms with Gasteiger partial charge in [-0.2, -0.15) is 0 Å². The van der Waals surface area contributed by atoms with Crippen LogP contribution in [0.5, 0.6) is 5.75 Å². The summed E-state index contributed by atoms with van der Waals surface area (Å²) >= 11 is 0. The molecule has 126 valence electrons. The second-order valence-corrected chi connectivity index (χ2v) is 5.45. The number of hydrogen-bond acceptors (Lipinski definition) is 3. The summed E-state index contributed by atoms with van der Waals surface area (Å²) in [5, 5.41) is 8.61. The van der Waals surface area contributed by atoms with Crippen molar-refractivity contribution in [3.8, 4) is 5.75 Å². The van der Waals surface area contributed by atoms with E-state index in [1.807, 2.05) is 37.3 Å². The predicted molar refractivity (Wildman–Crippen MR) is 92.5 cm³/mol. The predicted octanol–water partition coefficient (Wildman–Crippen LogP) is 3.31. The topological polar surface area (TPSA) is 66.8 Å². The third-order valence-corrected chi connectivity index (χ3v) is 3.83. The average Bonchev–Trinajstić information content (AvgIpc) is 2.61. The first kappa shape index (κ1) is 17.5. The number of hydrogen-bond donors (Lipinski definition) is 1. The molecule has 5 heteroatoms. The molecule has 1 amide bonds. The van der Waals surface area contributed by atoms with Crippen molar-refractivity contribution in [3.63, 3.8) is 0 Å². The van der Waals surface area contributed by atoms with Gasteiger partial charge in [-0.05, 0) is 36.2 Å². The van der Waals surface area contributed by atoms with Crippen LogP contribution in [0.3, 0.4) is 0 Å². The third-order valence-electron chi connectivity index (χ3n) is 3.83. The second-order valence-electron chi connectivity index (χ2n) is 5.45. The van der Waals surface area contributed by atoms with Crippen molar-refractivity contribution in [3.05, 3.63) is 60.2 Å². The minimum Gasteiger partial charge on any atom is -0.482 e. The molecule has 1 atom stereocenters. The van der Waals surface area contributed by atoms with E-state index in [0.29, 0.717) is 12.2 Å². The summed E-state index contributed by atoms with van der Waals surface area (Å²) in [5.41, 5.74) is 1.73. The Morgan fingerprint density at radius 2 is 1.71 bits per heavy atom. The van der Waals surface area contributed by atoms with Crippen LogP contribution in [0, 0.1) is 0 Å². The Morgan fingerprint density at radius 3 is 2.25 bits per heavy atom. The fourth-order valence-corrected chi connectivity index (χ4v) is 2.51. The van der Waals surface area contributed by atoms with Crippen LogP contribution in [0.1, 0.15) is 24.8 Å². The first-order valence-corrected chi connectivity index (χ1v) is 7.80. The quantitative estimate of drug-likeness (QED) is 0.847. The molecule has 0 spiro atoms. The number of likely N-dealkylation sites (N-methyl/N-ethyl adjacent to an activating group) is 1. The Labute approximate surface area is 141 Å². The van der Waals surface area contributed by atoms with Crippen molar-refractivity contribution in [1.82, 2.24) is 0 Å². The summed E-state index contributed by atoms with van der Waals surface area (Å²) in [6.45, 7) is 1.60. The molecule has 1 unspecified atom stereocenters. The van der Waals surface area contributed by atoms with Crippen LogP contribution in [0.2, 0.25) is 0 Å². The summed E-state index contributed by atoms with van der Waals surface area (Å²) in [5.74, 6) is -0.751. The molecule has 2 rings (SSSR count). The summed E-state index contributed by atoms with van der Waals surface area (Å²) in [6.07, 6.45) is 0.715. The molecule has 24 heavy (non-hydrogen) atoms. The lowest BCUT2D eigenvalue weighted by molar-refractivity contribution is -0.139. The van der Waals surface area contributed by atoms with Crippen LogP contribution in [0.15, 0.2) is 54.6 Å². The highest BCUT2D eigenvalue weighted by Crippen LogP contribution is 2.25. The minimum absolute atomic E-state index is 0.0166. The SMILES string of the molecule is CCC(C(=O)N(C)c1ccc(OCC(=O)O)cc1)c1ccccc1. The number of anilines is 1. The van der Waals surface area contributed by atoms with Crippen molar-refractivity contribution in [1.29, 1.82) is 0 Å². The number of benzene rings is 2. The van der Waals surface area contributed by atoms with Crippen molar-refractivity contribution < 1.29 is 19.4 Å². The van der Waals surface area contributed by atoms with Gasteiger partial charge >= 0.3 is 5.97 Å². The highest BCUT2D eigenvalue weighted by Gasteiger charge is 2.22. The fourth-order valence-electron chi connectivity index (χ4n) is 2.51. The van der Waals surface area contributed by atoms with E-state index in [9.17, 15) is 9.59 Å². The molecular formula is C19H21NO4. The smallest absolute Gasteiger partial charge is 0.341 e. The van der Waals surface area contributed by atoms with Gasteiger partial charge in [0.2, 0.25) is 5.91 Å². The van der Waals surface area contributed by atoms with Crippen LogP contribution < -0.4 is 9.64 Å². The monoisotopic (exact) mass is 327 g/mol. The summed E-state index contributed by atoms with van der Waals surface area (Å²) < 4.78 is 5.10. The number of amides is 1. The van der Waals surface area contributed by atoms with Gasteiger partial charge in [-0.3, -0.25) is 4.79 Å². The Balaban J connectivity index is 2.10. The average molecular weight is 327 g/mol. The van der Waals surface area contributed by atoms with Gasteiger partial charge in [0, 0.05) is 12.7 Å². The summed E-state index contributed by atoms with van der Waals surface area (Å²) in [4.78, 5) is 24.9. The zero-order valence-electron chi connectivity index (χ0n) is 13.8. The molecule has 0 aliphatic rings. The molecule has 1 N–H and O–H groups in total. The van der Waals surface area contributed by atoms with Gasteiger partial charge in [-0.1, -0.05) is 37.3 Å². The zero-order valence-corrected chi connectivity index (χ0v) is 13.8. The van der Waals surface area contributed by atoms with E-state index in [1.54, 1.807) is 36.2 Å². The van der Waals surface area contributed by atoms with Gasteiger partial charge in [-0.15, -0.1) is 0 Å². The van der Waals surface area contributed by atoms with E-state index in [2.05, 4.69) is 0 Å². The Bertz CT molecular complexity index is 682. The maximum Gasteiger partial charge on any atom is 0.341 e. The van der Waals surface area contributed by atoms with Gasteiger partial charge in [0.1, 0.15) is 5.75 Å². The lowest BCUT2D eigenvalue weighted by atomic mass is 9.95. The Kier molecular flexibility index (Phi) is 5.95. The maximum atomic E-state index is 12.8. The summed E-state index contributed by atoms with van der Waals surface area (Å²) in [7, 11) is 1.74. The highest BCUT2D eigenvalue weighted by molar-refractivity contribution is 5.97. The number of carboxylic acids is 1. The standard InChI is InChI=1S/C19H21NO4/c1-3-17(14-7-5-4-6-8-14)19(23)20(2)15-9-11-16(12-10-15)24-13-18(21)22/h4-12,17H,3,13H2,1-2H3,(H,21,22). The van der Waals surface area contributed by atoms with Gasteiger partial charge < -0.3 is 14.7 Å². The van der Waals surface area contributed by atoms with Crippen LogP contribution >= 0.6 is 0 Å². The molecule has 0 aromatic heterocycles. The van der Waals surface area contributed by atoms with Gasteiger partial charge in [-0.25, -0.2) is 4.79 Å². The molecule has 0 fully saturated rings. The lowest BCUT2D eigenvalue weighted by Gasteiger charge is -2.23. The molecule has 0 saturated carbocycles. The molecule has 0 aliphatic carbocycles. The third kappa shape index (κ3) is 4.35. The van der Waals surface area contributed by atoms with Crippen LogP contribution in [-0.2, 0) is 9.59 Å². The van der Waals surface area contributed by atoms with Crippen molar-refractivity contribution in [2.75, 3.05) is 18.6 Å². The van der Waals surface area contributed by atoms with Gasteiger partial charge in [0.25, 0.3) is 0 Å². The largest absolute Gasteiger partial charge is 0.482 e. The van der Waals surface area contributed by atoms with Crippen molar-refractivity contribution in [2.45, 2.75) is 19.3 Å². The Hall–Kier alpha value is -2.82. The second kappa shape index (κ2) is 8.15. The van der Waals surface area contributed by atoms with E-state index in [-0.39, 0.29) is 18.4 Å². The number of carboxylic acid groups (broad SMARTS) is 1. The number of rotatable bonds is 7. The van der Waals surface area contributed by atoms with E-state index >= 15 is 0 Å². The number of aliphatic carboxylic acids is 1. The molecule has 0 saturated heterocycles. The molecule has 0 radical (unpaired) electrons. The number of carbonyl (C=O) groups excluding carboxylic acids is 1. The van der Waals surface area contributed by atoms with Crippen LogP contribution in [0.4, 0.5) is 5.69 Å². The van der Waals surface area contributed by atoms with E-state index in [0.717, 1.165) is 11.3 Å². The molecular weight excluding hydrogens is 306 g/mol. The fraction of sp³-hybridized carbons (Fsp3) is 0.263. The van der Waals surface area contributed by atoms with Crippen molar-refractivity contribution >= 4 is 17.6 Å². The molecule has 2 aromatic rings. The lowest BCUT2D eigenvalue weighted by Crippen LogP contribution is -2.31. The Morgan fingerprint density at radius 1 is 1.08 bits per heavy atom. The summed E-state index contributed by atoms with van der Waals surface area (Å²) in [6, 6.07) is 16.5. The first-order chi connectivity index (χ1) is 11.5. The van der Waals surface area contributed by atoms with Gasteiger partial charge in [0.05, 0.1) is 5.92 Å². The van der Waals surface area contributed by atoms with Crippen molar-refractivity contribution in [2.24, 2.45) is 0 Å². The van der Waals surface area contributed by atoms with E-state index in [4.69, 9.17) is 9.84 Å². The molecule has 0 heterocycles. The molecule has 2 aromatic carbocycles. The maximum absolute atomic E-state index is 12.8. The van der Waals surface area contributed by atoms with Crippen LogP contribution in [0.25, 0.3) is 0 Å². The van der Waals surface area contributed by atoms with Crippen LogP contribution in [-0.4, -0.2) is 30.6 Å². The number of carbonyl (C=O) groups is 2. The van der Waals surface area contributed by atoms with E-state index in [1.165, 1.54) is 0 Å². The number of ether oxygens (including phenoxy) is 1. The normalized spacial score (nSPS) is 11.6. The highest BCUT2D eigenvalue weighted by atomic mass is 16.5. The minimum atomic E-state index is -1.03.